The number of imidazole rings is 1. The maximum Gasteiger partial charge on any atom is 0.274 e. The highest BCUT2D eigenvalue weighted by Crippen LogP contribution is 2.57. The standard InChI is InChI=1S/C10H9F2N3/c11-10(12)6-9(10,13)7-5-15-4-2-1-3-8(15)14-7/h1-5H,6,13H2. The Hall–Kier alpha value is -1.49. The molecule has 3 nitrogen and oxygen atoms in total. The minimum absolute atomic E-state index is 0.263. The van der Waals surface area contributed by atoms with Crippen molar-refractivity contribution in [2.45, 2.75) is 17.9 Å². The topological polar surface area (TPSA) is 43.3 Å². The van der Waals surface area contributed by atoms with Crippen molar-refractivity contribution >= 4 is 5.65 Å². The Labute approximate surface area is 84.5 Å². The highest BCUT2D eigenvalue weighted by atomic mass is 19.3. The molecule has 2 aromatic rings. The highest BCUT2D eigenvalue weighted by molar-refractivity contribution is 5.43. The molecule has 3 rings (SSSR count). The van der Waals surface area contributed by atoms with Gasteiger partial charge in [-0.25, -0.2) is 13.8 Å². The normalized spacial score (nSPS) is 28.2. The fraction of sp³-hybridized carbons (Fsp3) is 0.300. The highest BCUT2D eigenvalue weighted by Gasteiger charge is 2.71. The minimum Gasteiger partial charge on any atom is -0.315 e. The molecule has 1 aliphatic rings. The lowest BCUT2D eigenvalue weighted by molar-refractivity contribution is 0.0882. The summed E-state index contributed by atoms with van der Waals surface area (Å²) in [5, 5.41) is 0. The van der Waals surface area contributed by atoms with Crippen LogP contribution in [0.5, 0.6) is 0 Å². The van der Waals surface area contributed by atoms with E-state index in [-0.39, 0.29) is 12.1 Å². The fourth-order valence-corrected chi connectivity index (χ4v) is 1.73. The molecule has 1 aliphatic carbocycles. The third-order valence-electron chi connectivity index (χ3n) is 2.85. The van der Waals surface area contributed by atoms with Crippen molar-refractivity contribution in [1.29, 1.82) is 0 Å². The number of pyridine rings is 1. The summed E-state index contributed by atoms with van der Waals surface area (Å²) in [5.41, 5.74) is 4.93. The van der Waals surface area contributed by atoms with Crippen molar-refractivity contribution in [3.63, 3.8) is 0 Å². The molecule has 2 aromatic heterocycles. The number of hydrogen-bond donors (Lipinski definition) is 1. The number of nitrogens with zero attached hydrogens (tertiary/aromatic N) is 2. The van der Waals surface area contributed by atoms with Gasteiger partial charge in [0.1, 0.15) is 11.2 Å². The third kappa shape index (κ3) is 1.04. The first kappa shape index (κ1) is 8.79. The predicted octanol–water partition coefficient (Wildman–Crippen LogP) is 1.53. The van der Waals surface area contributed by atoms with E-state index in [1.807, 2.05) is 6.07 Å². The summed E-state index contributed by atoms with van der Waals surface area (Å²) in [7, 11) is 0. The van der Waals surface area contributed by atoms with Crippen LogP contribution in [-0.4, -0.2) is 15.3 Å². The van der Waals surface area contributed by atoms with E-state index in [2.05, 4.69) is 4.98 Å². The van der Waals surface area contributed by atoms with Crippen molar-refractivity contribution in [3.8, 4) is 0 Å². The second-order valence-electron chi connectivity index (χ2n) is 3.94. The third-order valence-corrected chi connectivity index (χ3v) is 2.85. The molecule has 1 unspecified atom stereocenters. The van der Waals surface area contributed by atoms with Crippen molar-refractivity contribution in [2.24, 2.45) is 5.73 Å². The van der Waals surface area contributed by atoms with Gasteiger partial charge < -0.3 is 10.1 Å². The van der Waals surface area contributed by atoms with Gasteiger partial charge in [0, 0.05) is 18.8 Å². The molecule has 0 aromatic carbocycles. The van der Waals surface area contributed by atoms with Gasteiger partial charge in [0.2, 0.25) is 0 Å². The van der Waals surface area contributed by atoms with Crippen LogP contribution in [0.1, 0.15) is 12.1 Å². The molecule has 0 aliphatic heterocycles. The van der Waals surface area contributed by atoms with Crippen molar-refractivity contribution < 1.29 is 8.78 Å². The molecule has 2 N–H and O–H groups in total. The zero-order valence-electron chi connectivity index (χ0n) is 7.82. The first-order valence-corrected chi connectivity index (χ1v) is 4.64. The van der Waals surface area contributed by atoms with Gasteiger partial charge in [-0.15, -0.1) is 0 Å². The Kier molecular flexibility index (Phi) is 1.38. The number of fused-ring (bicyclic) bond motifs is 1. The maximum absolute atomic E-state index is 13.0. The molecule has 0 saturated heterocycles. The van der Waals surface area contributed by atoms with E-state index in [0.717, 1.165) is 0 Å². The monoisotopic (exact) mass is 209 g/mol. The molecule has 0 amide bonds. The second-order valence-corrected chi connectivity index (χ2v) is 3.94. The van der Waals surface area contributed by atoms with Crippen molar-refractivity contribution in [3.05, 3.63) is 36.3 Å². The van der Waals surface area contributed by atoms with Crippen molar-refractivity contribution in [2.75, 3.05) is 0 Å². The SMILES string of the molecule is NC1(c2cn3ccccc3n2)CC1(F)F. The molecule has 5 heteroatoms. The van der Waals surface area contributed by atoms with Gasteiger partial charge in [-0.2, -0.15) is 0 Å². The summed E-state index contributed by atoms with van der Waals surface area (Å²) in [4.78, 5) is 4.10. The van der Waals surface area contributed by atoms with Crippen LogP contribution in [0.3, 0.4) is 0 Å². The molecule has 1 atom stereocenters. The molecule has 1 fully saturated rings. The van der Waals surface area contributed by atoms with Crippen LogP contribution in [0.15, 0.2) is 30.6 Å². The van der Waals surface area contributed by atoms with Gasteiger partial charge in [-0.1, -0.05) is 6.07 Å². The van der Waals surface area contributed by atoms with E-state index in [4.69, 9.17) is 5.73 Å². The van der Waals surface area contributed by atoms with Gasteiger partial charge in [-0.3, -0.25) is 0 Å². The van der Waals surface area contributed by atoms with Crippen LogP contribution in [0.25, 0.3) is 5.65 Å². The van der Waals surface area contributed by atoms with E-state index in [1.54, 1.807) is 28.9 Å². The second kappa shape index (κ2) is 2.36. The van der Waals surface area contributed by atoms with E-state index in [0.29, 0.717) is 5.65 Å². The summed E-state index contributed by atoms with van der Waals surface area (Å²) in [6.45, 7) is 0. The lowest BCUT2D eigenvalue weighted by Crippen LogP contribution is -2.27. The van der Waals surface area contributed by atoms with Crippen LogP contribution >= 0.6 is 0 Å². The van der Waals surface area contributed by atoms with Gasteiger partial charge in [0.05, 0.1) is 5.69 Å². The van der Waals surface area contributed by atoms with Crippen LogP contribution < -0.4 is 5.73 Å². The Balaban J connectivity index is 2.14. The van der Waals surface area contributed by atoms with Gasteiger partial charge in [0.15, 0.2) is 0 Å². The largest absolute Gasteiger partial charge is 0.315 e. The first-order valence-electron chi connectivity index (χ1n) is 4.64. The summed E-state index contributed by atoms with van der Waals surface area (Å²) in [5.74, 6) is -2.81. The van der Waals surface area contributed by atoms with E-state index >= 15 is 0 Å². The summed E-state index contributed by atoms with van der Waals surface area (Å²) >= 11 is 0. The van der Waals surface area contributed by atoms with E-state index in [1.165, 1.54) is 0 Å². The Morgan fingerprint density at radius 3 is 2.73 bits per heavy atom. The smallest absolute Gasteiger partial charge is 0.274 e. The van der Waals surface area contributed by atoms with Gasteiger partial charge >= 0.3 is 0 Å². The summed E-state index contributed by atoms with van der Waals surface area (Å²) < 4.78 is 27.7. The minimum atomic E-state index is -2.81. The van der Waals surface area contributed by atoms with Crippen molar-refractivity contribution in [1.82, 2.24) is 9.38 Å². The average Bonchev–Trinajstić information content (AvgIpc) is 2.61. The van der Waals surface area contributed by atoms with Gasteiger partial charge in [-0.05, 0) is 12.1 Å². The molecular formula is C10H9F2N3. The molecule has 0 radical (unpaired) electrons. The van der Waals surface area contributed by atoms with E-state index in [9.17, 15) is 8.78 Å². The average molecular weight is 209 g/mol. The summed E-state index contributed by atoms with van der Waals surface area (Å²) in [6, 6.07) is 5.38. The maximum atomic E-state index is 13.0. The van der Waals surface area contributed by atoms with Crippen LogP contribution in [-0.2, 0) is 5.54 Å². The summed E-state index contributed by atoms with van der Waals surface area (Å²) in [6.07, 6.45) is 3.01. The van der Waals surface area contributed by atoms with E-state index < -0.39 is 11.5 Å². The quantitative estimate of drug-likeness (QED) is 0.773. The molecule has 2 heterocycles. The Morgan fingerprint density at radius 1 is 1.40 bits per heavy atom. The zero-order valence-corrected chi connectivity index (χ0v) is 7.82. The fourth-order valence-electron chi connectivity index (χ4n) is 1.73. The molecular weight excluding hydrogens is 200 g/mol. The Bertz CT molecular complexity index is 501. The lowest BCUT2D eigenvalue weighted by Gasteiger charge is -2.04. The molecule has 0 spiro atoms. The number of alkyl halides is 2. The number of hydrogen-bond acceptors (Lipinski definition) is 2. The number of nitrogens with two attached hydrogens (primary N) is 1. The van der Waals surface area contributed by atoms with Crippen LogP contribution in [0.4, 0.5) is 8.78 Å². The lowest BCUT2D eigenvalue weighted by atomic mass is 10.2. The number of rotatable bonds is 1. The van der Waals surface area contributed by atoms with Crippen LogP contribution in [0.2, 0.25) is 0 Å². The van der Waals surface area contributed by atoms with Gasteiger partial charge in [0.25, 0.3) is 5.92 Å². The Morgan fingerprint density at radius 2 is 2.13 bits per heavy atom. The molecule has 15 heavy (non-hydrogen) atoms. The number of halogens is 2. The molecule has 0 bridgehead atoms. The molecule has 78 valence electrons. The van der Waals surface area contributed by atoms with Crippen LogP contribution in [0, 0.1) is 0 Å². The molecule has 1 saturated carbocycles. The first-order chi connectivity index (χ1) is 7.03. The number of aromatic nitrogens is 2. The zero-order chi connectivity index (χ0) is 10.7. The predicted molar refractivity (Wildman–Crippen MR) is 50.6 cm³/mol.